The van der Waals surface area contributed by atoms with Gasteiger partial charge in [0.25, 0.3) is 0 Å². The lowest BCUT2D eigenvalue weighted by Gasteiger charge is -2.34. The summed E-state index contributed by atoms with van der Waals surface area (Å²) in [5.41, 5.74) is 0.724. The Bertz CT molecular complexity index is 450. The van der Waals surface area contributed by atoms with Crippen molar-refractivity contribution in [2.24, 2.45) is 11.8 Å². The topological polar surface area (TPSA) is 41.1 Å². The molecule has 104 valence electrons. The van der Waals surface area contributed by atoms with Crippen LogP contribution in [0.1, 0.15) is 33.1 Å². The standard InChI is InChI=1S/C15H21ClN2O/c1-10-5-3-8-14(11(10)2)18-15(19)17-13-7-4-6-12(16)9-13/h4,6-7,9-11,14H,3,5,8H2,1-2H3,(H2,17,18,19)/t10-,11-,14+/m1/s1. The van der Waals surface area contributed by atoms with Crippen LogP contribution in [-0.2, 0) is 0 Å². The van der Waals surface area contributed by atoms with Gasteiger partial charge in [0.05, 0.1) is 0 Å². The molecule has 1 aliphatic carbocycles. The second-order valence-electron chi connectivity index (χ2n) is 5.48. The summed E-state index contributed by atoms with van der Waals surface area (Å²) >= 11 is 5.89. The van der Waals surface area contributed by atoms with Crippen LogP contribution < -0.4 is 10.6 Å². The Morgan fingerprint density at radius 3 is 2.84 bits per heavy atom. The van der Waals surface area contributed by atoms with E-state index in [-0.39, 0.29) is 12.1 Å². The monoisotopic (exact) mass is 280 g/mol. The fraction of sp³-hybridized carbons (Fsp3) is 0.533. The zero-order chi connectivity index (χ0) is 13.8. The third-order valence-electron chi connectivity index (χ3n) is 4.11. The van der Waals surface area contributed by atoms with Gasteiger partial charge in [-0.1, -0.05) is 44.4 Å². The van der Waals surface area contributed by atoms with Crippen molar-refractivity contribution in [3.05, 3.63) is 29.3 Å². The minimum absolute atomic E-state index is 0.145. The molecular formula is C15H21ClN2O. The van der Waals surface area contributed by atoms with E-state index in [0.717, 1.165) is 12.1 Å². The Labute approximate surface area is 119 Å². The fourth-order valence-electron chi connectivity index (χ4n) is 2.69. The van der Waals surface area contributed by atoms with Crippen molar-refractivity contribution in [2.75, 3.05) is 5.32 Å². The Morgan fingerprint density at radius 2 is 2.11 bits per heavy atom. The van der Waals surface area contributed by atoms with Crippen LogP contribution in [0.15, 0.2) is 24.3 Å². The molecule has 2 amide bonds. The number of rotatable bonds is 2. The van der Waals surface area contributed by atoms with Crippen LogP contribution in [0.4, 0.5) is 10.5 Å². The molecule has 0 heterocycles. The molecule has 4 heteroatoms. The molecule has 0 bridgehead atoms. The maximum absolute atomic E-state index is 12.0. The Hall–Kier alpha value is -1.22. The van der Waals surface area contributed by atoms with Crippen LogP contribution in [0.25, 0.3) is 0 Å². The molecule has 0 unspecified atom stereocenters. The van der Waals surface area contributed by atoms with Crippen LogP contribution in [0, 0.1) is 11.8 Å². The predicted octanol–water partition coefficient (Wildman–Crippen LogP) is 4.29. The van der Waals surface area contributed by atoms with E-state index in [0.29, 0.717) is 16.9 Å². The first-order valence-electron chi connectivity index (χ1n) is 6.89. The van der Waals surface area contributed by atoms with Crippen LogP contribution in [0.2, 0.25) is 5.02 Å². The van der Waals surface area contributed by atoms with Crippen LogP contribution >= 0.6 is 11.6 Å². The van der Waals surface area contributed by atoms with Crippen molar-refractivity contribution >= 4 is 23.3 Å². The summed E-state index contributed by atoms with van der Waals surface area (Å²) in [6, 6.07) is 7.31. The van der Waals surface area contributed by atoms with Crippen molar-refractivity contribution in [3.63, 3.8) is 0 Å². The van der Waals surface area contributed by atoms with Gasteiger partial charge < -0.3 is 10.6 Å². The third kappa shape index (κ3) is 3.87. The van der Waals surface area contributed by atoms with Crippen LogP contribution in [0.3, 0.4) is 0 Å². The third-order valence-corrected chi connectivity index (χ3v) is 4.34. The minimum atomic E-state index is -0.145. The van der Waals surface area contributed by atoms with E-state index in [4.69, 9.17) is 11.6 Å². The molecule has 1 aromatic carbocycles. The van der Waals surface area contributed by atoms with Gasteiger partial charge in [-0.2, -0.15) is 0 Å². The fourth-order valence-corrected chi connectivity index (χ4v) is 2.88. The van der Waals surface area contributed by atoms with Gasteiger partial charge in [0.2, 0.25) is 0 Å². The molecule has 3 nitrogen and oxygen atoms in total. The molecule has 1 saturated carbocycles. The number of benzene rings is 1. The molecule has 1 aliphatic rings. The lowest BCUT2D eigenvalue weighted by atomic mass is 9.78. The van der Waals surface area contributed by atoms with Crippen molar-refractivity contribution in [2.45, 2.75) is 39.2 Å². The summed E-state index contributed by atoms with van der Waals surface area (Å²) in [6.07, 6.45) is 3.51. The predicted molar refractivity (Wildman–Crippen MR) is 79.6 cm³/mol. The average molecular weight is 281 g/mol. The van der Waals surface area contributed by atoms with E-state index in [2.05, 4.69) is 24.5 Å². The van der Waals surface area contributed by atoms with Gasteiger partial charge in [-0.15, -0.1) is 0 Å². The van der Waals surface area contributed by atoms with E-state index in [9.17, 15) is 4.79 Å². The quantitative estimate of drug-likeness (QED) is 0.834. The van der Waals surface area contributed by atoms with Gasteiger partial charge in [0.1, 0.15) is 0 Å². The van der Waals surface area contributed by atoms with Crippen LogP contribution in [-0.4, -0.2) is 12.1 Å². The van der Waals surface area contributed by atoms with Crippen molar-refractivity contribution in [1.29, 1.82) is 0 Å². The Balaban J connectivity index is 1.90. The van der Waals surface area contributed by atoms with E-state index < -0.39 is 0 Å². The van der Waals surface area contributed by atoms with E-state index in [1.54, 1.807) is 12.1 Å². The van der Waals surface area contributed by atoms with Crippen molar-refractivity contribution in [3.8, 4) is 0 Å². The first-order chi connectivity index (χ1) is 9.06. The molecule has 3 atom stereocenters. The zero-order valence-corrected chi connectivity index (χ0v) is 12.2. The molecule has 0 radical (unpaired) electrons. The van der Waals surface area contributed by atoms with Crippen LogP contribution in [0.5, 0.6) is 0 Å². The highest BCUT2D eigenvalue weighted by Gasteiger charge is 2.28. The largest absolute Gasteiger partial charge is 0.335 e. The maximum atomic E-state index is 12.0. The lowest BCUT2D eigenvalue weighted by Crippen LogP contribution is -2.45. The average Bonchev–Trinajstić information content (AvgIpc) is 2.35. The molecule has 2 N–H and O–H groups in total. The number of nitrogens with one attached hydrogen (secondary N) is 2. The van der Waals surface area contributed by atoms with Crippen molar-refractivity contribution < 1.29 is 4.79 Å². The Kier molecular flexibility index (Phi) is 4.70. The molecular weight excluding hydrogens is 260 g/mol. The van der Waals surface area contributed by atoms with Gasteiger partial charge in [0, 0.05) is 16.8 Å². The molecule has 19 heavy (non-hydrogen) atoms. The molecule has 0 aromatic heterocycles. The lowest BCUT2D eigenvalue weighted by molar-refractivity contribution is 0.201. The number of hydrogen-bond donors (Lipinski definition) is 2. The summed E-state index contributed by atoms with van der Waals surface area (Å²) in [7, 11) is 0. The highest BCUT2D eigenvalue weighted by Crippen LogP contribution is 2.29. The summed E-state index contributed by atoms with van der Waals surface area (Å²) in [5.74, 6) is 1.20. The summed E-state index contributed by atoms with van der Waals surface area (Å²) < 4.78 is 0. The first-order valence-corrected chi connectivity index (χ1v) is 7.27. The molecule has 1 aromatic rings. The molecule has 1 fully saturated rings. The number of carbonyl (C=O) groups is 1. The minimum Gasteiger partial charge on any atom is -0.335 e. The van der Waals surface area contributed by atoms with E-state index in [1.807, 2.05) is 12.1 Å². The van der Waals surface area contributed by atoms with E-state index in [1.165, 1.54) is 12.8 Å². The number of hydrogen-bond acceptors (Lipinski definition) is 1. The van der Waals surface area contributed by atoms with Crippen molar-refractivity contribution in [1.82, 2.24) is 5.32 Å². The molecule has 0 aliphatic heterocycles. The number of carbonyl (C=O) groups excluding carboxylic acids is 1. The first kappa shape index (κ1) is 14.2. The second kappa shape index (κ2) is 6.29. The van der Waals surface area contributed by atoms with Gasteiger partial charge in [-0.05, 0) is 36.5 Å². The molecule has 2 rings (SSSR count). The highest BCUT2D eigenvalue weighted by atomic mass is 35.5. The number of amides is 2. The molecule has 0 saturated heterocycles. The Morgan fingerprint density at radius 1 is 1.32 bits per heavy atom. The summed E-state index contributed by atoms with van der Waals surface area (Å²) in [4.78, 5) is 12.0. The normalized spacial score (nSPS) is 26.8. The van der Waals surface area contributed by atoms with Gasteiger partial charge in [-0.25, -0.2) is 4.79 Å². The van der Waals surface area contributed by atoms with Gasteiger partial charge in [-0.3, -0.25) is 0 Å². The maximum Gasteiger partial charge on any atom is 0.319 e. The van der Waals surface area contributed by atoms with Gasteiger partial charge in [0.15, 0.2) is 0 Å². The van der Waals surface area contributed by atoms with E-state index >= 15 is 0 Å². The molecule has 0 spiro atoms. The summed E-state index contributed by atoms with van der Waals surface area (Å²) in [5, 5.41) is 6.53. The zero-order valence-electron chi connectivity index (χ0n) is 11.4. The summed E-state index contributed by atoms with van der Waals surface area (Å²) in [6.45, 7) is 4.47. The number of halogens is 1. The van der Waals surface area contributed by atoms with Gasteiger partial charge >= 0.3 is 6.03 Å². The second-order valence-corrected chi connectivity index (χ2v) is 5.92. The highest BCUT2D eigenvalue weighted by molar-refractivity contribution is 6.30. The SMILES string of the molecule is C[C@@H]1[C@H](C)CCC[C@@H]1NC(=O)Nc1cccc(Cl)c1. The number of urea groups is 1. The smallest absolute Gasteiger partial charge is 0.319 e. The number of anilines is 1.